The summed E-state index contributed by atoms with van der Waals surface area (Å²) >= 11 is 0. The molecule has 2 bridgehead atoms. The molecule has 48 heavy (non-hydrogen) atoms. The minimum absolute atomic E-state index is 0.0156. The average molecular weight is 727 g/mol. The smallest absolute Gasteiger partial charge is 0.397 e. The van der Waals surface area contributed by atoms with E-state index in [1.807, 2.05) is 6.92 Å². The van der Waals surface area contributed by atoms with Gasteiger partial charge >= 0.3 is 32.7 Å². The Morgan fingerprint density at radius 2 is 1.67 bits per heavy atom. The Hall–Kier alpha value is -1.74. The van der Waals surface area contributed by atoms with Crippen LogP contribution in [0.3, 0.4) is 0 Å². The molecule has 13 atom stereocenters. The van der Waals surface area contributed by atoms with Crippen LogP contribution in [0.4, 0.5) is 0 Å². The maximum absolute atomic E-state index is 12.9. The molecule has 0 amide bonds. The van der Waals surface area contributed by atoms with E-state index in [-0.39, 0.29) is 42.9 Å². The van der Waals surface area contributed by atoms with Crippen LogP contribution < -0.4 is 0 Å². The van der Waals surface area contributed by atoms with Crippen molar-refractivity contribution in [3.8, 4) is 0 Å². The molecule has 1 saturated heterocycles. The molecule has 16 nitrogen and oxygen atoms in total. The SMILES string of the molecule is C=C1[C@H]2CC[C@H]3[C@@]4(C)C[C@H](O[C@@H]5O[C@H](CO)[C@@H](OS(=O)(=O)O)[C@H](OS(=O)(=O)O)[C@H]5OC(=O)CC(C)C)C[C@@H](C(=O)O)[C@H]4CC[C@]3(C2)[C@H]1O. The van der Waals surface area contributed by atoms with Gasteiger partial charge in [0.2, 0.25) is 0 Å². The average Bonchev–Trinajstić information content (AvgIpc) is 3.12. The number of carboxylic acids is 1. The molecule has 4 aliphatic carbocycles. The molecule has 0 aromatic carbocycles. The summed E-state index contributed by atoms with van der Waals surface area (Å²) in [6.07, 6.45) is -7.93. The number of aliphatic hydroxyl groups is 2. The lowest BCUT2D eigenvalue weighted by Crippen LogP contribution is -2.64. The first-order chi connectivity index (χ1) is 22.2. The Morgan fingerprint density at radius 3 is 2.25 bits per heavy atom. The lowest BCUT2D eigenvalue weighted by molar-refractivity contribution is -0.316. The van der Waals surface area contributed by atoms with Gasteiger partial charge in [-0.05, 0) is 79.6 Å². The number of hydrogen-bond acceptors (Lipinski definition) is 13. The molecule has 0 aromatic rings. The molecule has 274 valence electrons. The van der Waals surface area contributed by atoms with Crippen molar-refractivity contribution in [3.05, 3.63) is 12.2 Å². The largest absolute Gasteiger partial charge is 0.481 e. The number of hydrogen-bond donors (Lipinski definition) is 5. The second-order valence-corrected chi connectivity index (χ2v) is 16.9. The van der Waals surface area contributed by atoms with Crippen LogP contribution in [0, 0.1) is 40.4 Å². The zero-order valence-electron chi connectivity index (χ0n) is 27.0. The fourth-order valence-corrected chi connectivity index (χ4v) is 10.8. The van der Waals surface area contributed by atoms with Gasteiger partial charge in [0.25, 0.3) is 0 Å². The molecule has 0 unspecified atom stereocenters. The number of carboxylic acid groups (broad SMARTS) is 1. The van der Waals surface area contributed by atoms with Crippen molar-refractivity contribution in [2.75, 3.05) is 6.61 Å². The van der Waals surface area contributed by atoms with Crippen LogP contribution >= 0.6 is 0 Å². The maximum Gasteiger partial charge on any atom is 0.397 e. The van der Waals surface area contributed by atoms with Gasteiger partial charge in [0, 0.05) is 11.8 Å². The molecule has 5 N–H and O–H groups in total. The number of aliphatic hydroxyl groups excluding tert-OH is 2. The summed E-state index contributed by atoms with van der Waals surface area (Å²) in [5.74, 6) is -3.25. The molecule has 5 fully saturated rings. The van der Waals surface area contributed by atoms with E-state index in [2.05, 4.69) is 10.8 Å². The van der Waals surface area contributed by atoms with Gasteiger partial charge in [0.15, 0.2) is 18.5 Å². The number of esters is 1. The summed E-state index contributed by atoms with van der Waals surface area (Å²) in [7, 11) is -10.8. The topological polar surface area (TPSA) is 250 Å². The maximum atomic E-state index is 12.9. The van der Waals surface area contributed by atoms with E-state index < -0.39 is 99.0 Å². The van der Waals surface area contributed by atoms with Crippen LogP contribution in [0.5, 0.6) is 0 Å². The van der Waals surface area contributed by atoms with Crippen molar-refractivity contribution >= 4 is 32.7 Å². The first-order valence-corrected chi connectivity index (χ1v) is 18.9. The zero-order valence-corrected chi connectivity index (χ0v) is 28.7. The summed E-state index contributed by atoms with van der Waals surface area (Å²) in [6, 6.07) is 0. The quantitative estimate of drug-likeness (QED) is 0.0879. The fraction of sp³-hybridized carbons (Fsp3) is 0.867. The standard InChI is InChI=1S/C30H46O16S2/c1-14(2)9-22(32)44-25-24(46-48(39,40)41)23(45-47(36,37)38)20(13-31)43-28(25)42-17-10-18(27(34)35)19-7-8-30-11-16(15(3)26(30)33)5-6-21(30)29(19,4)12-17/h14,16-21,23-26,28,31,33H,3,5-13H2,1-2,4H3,(H,34,35)(H,36,37,38)(H,39,40,41)/t16-,17+,18+,19+,20+,21-,23+,24-,25+,26-,28+,29-,30+/m0/s1. The summed E-state index contributed by atoms with van der Waals surface area (Å²) in [5.41, 5.74) is -0.319. The molecule has 18 heteroatoms. The van der Waals surface area contributed by atoms with E-state index in [4.69, 9.17) is 18.4 Å². The zero-order chi connectivity index (χ0) is 35.6. The monoisotopic (exact) mass is 726 g/mol. The lowest BCUT2D eigenvalue weighted by atomic mass is 9.43. The number of carbonyl (C=O) groups excluding carboxylic acids is 1. The fourth-order valence-electron chi connectivity index (χ4n) is 9.82. The molecule has 5 rings (SSSR count). The van der Waals surface area contributed by atoms with Crippen molar-refractivity contribution in [1.82, 2.24) is 0 Å². The highest BCUT2D eigenvalue weighted by molar-refractivity contribution is 7.81. The summed E-state index contributed by atoms with van der Waals surface area (Å²) in [6.45, 7) is 8.52. The number of rotatable bonds is 11. The Balaban J connectivity index is 1.51. The van der Waals surface area contributed by atoms with Crippen LogP contribution in [0.1, 0.15) is 72.1 Å². The van der Waals surface area contributed by atoms with E-state index in [0.29, 0.717) is 12.8 Å². The molecule has 0 aromatic heterocycles. The third-order valence-electron chi connectivity index (χ3n) is 11.5. The molecule has 4 saturated carbocycles. The van der Waals surface area contributed by atoms with Crippen molar-refractivity contribution in [2.24, 2.45) is 40.4 Å². The molecular weight excluding hydrogens is 680 g/mol. The van der Waals surface area contributed by atoms with E-state index >= 15 is 0 Å². The van der Waals surface area contributed by atoms with Gasteiger partial charge in [0.1, 0.15) is 12.2 Å². The van der Waals surface area contributed by atoms with Crippen molar-refractivity contribution in [3.63, 3.8) is 0 Å². The van der Waals surface area contributed by atoms with Crippen molar-refractivity contribution in [2.45, 2.75) is 115 Å². The normalized spacial score (nSPS) is 43.0. The molecular formula is C30H46O16S2. The summed E-state index contributed by atoms with van der Waals surface area (Å²) in [5, 5.41) is 32.0. The summed E-state index contributed by atoms with van der Waals surface area (Å²) < 4.78 is 93.5. The summed E-state index contributed by atoms with van der Waals surface area (Å²) in [4.78, 5) is 25.7. The third-order valence-corrected chi connectivity index (χ3v) is 12.4. The van der Waals surface area contributed by atoms with Gasteiger partial charge in [-0.3, -0.25) is 18.7 Å². The first-order valence-electron chi connectivity index (χ1n) is 16.2. The highest BCUT2D eigenvalue weighted by atomic mass is 32.3. The molecule has 1 aliphatic heterocycles. The third kappa shape index (κ3) is 7.20. The second-order valence-electron chi connectivity index (χ2n) is 14.8. The highest BCUT2D eigenvalue weighted by Gasteiger charge is 2.67. The van der Waals surface area contributed by atoms with Gasteiger partial charge in [-0.2, -0.15) is 16.8 Å². The Bertz CT molecular complexity index is 1480. The Morgan fingerprint density at radius 1 is 1.02 bits per heavy atom. The number of carbonyl (C=O) groups is 2. The van der Waals surface area contributed by atoms with Gasteiger partial charge in [0.05, 0.1) is 24.7 Å². The predicted molar refractivity (Wildman–Crippen MR) is 162 cm³/mol. The van der Waals surface area contributed by atoms with Gasteiger partial charge in [-0.15, -0.1) is 0 Å². The Labute approximate surface area is 280 Å². The van der Waals surface area contributed by atoms with Gasteiger partial charge < -0.3 is 29.5 Å². The predicted octanol–water partition coefficient (Wildman–Crippen LogP) is 1.67. The minimum atomic E-state index is -5.42. The van der Waals surface area contributed by atoms with Crippen molar-refractivity contribution in [1.29, 1.82) is 0 Å². The van der Waals surface area contributed by atoms with E-state index in [0.717, 1.165) is 24.8 Å². The number of fused-ring (bicyclic) bond motifs is 3. The number of aliphatic carboxylic acids is 1. The molecule has 5 aliphatic rings. The number of ether oxygens (including phenoxy) is 3. The van der Waals surface area contributed by atoms with Crippen LogP contribution in [-0.2, 0) is 53.0 Å². The molecule has 0 radical (unpaired) electrons. The van der Waals surface area contributed by atoms with Crippen LogP contribution in [0.2, 0.25) is 0 Å². The first kappa shape index (κ1) is 37.5. The van der Waals surface area contributed by atoms with E-state index in [1.54, 1.807) is 13.8 Å². The minimum Gasteiger partial charge on any atom is -0.481 e. The van der Waals surface area contributed by atoms with E-state index in [9.17, 15) is 50.8 Å². The van der Waals surface area contributed by atoms with Crippen LogP contribution in [0.25, 0.3) is 0 Å². The van der Waals surface area contributed by atoms with Crippen LogP contribution in [-0.4, -0.2) is 103 Å². The molecule has 1 heterocycles. The lowest BCUT2D eigenvalue weighted by Gasteiger charge is -2.62. The molecule has 1 spiro atoms. The van der Waals surface area contributed by atoms with Gasteiger partial charge in [-0.25, -0.2) is 8.37 Å². The Kier molecular flexibility index (Phi) is 10.5. The van der Waals surface area contributed by atoms with Gasteiger partial charge in [-0.1, -0.05) is 27.4 Å². The highest BCUT2D eigenvalue weighted by Crippen LogP contribution is 2.70. The second kappa shape index (κ2) is 13.4. The van der Waals surface area contributed by atoms with Crippen LogP contribution in [0.15, 0.2) is 12.2 Å². The van der Waals surface area contributed by atoms with E-state index in [1.165, 1.54) is 0 Å². The van der Waals surface area contributed by atoms with Crippen molar-refractivity contribution < 1.29 is 73.4 Å².